The third kappa shape index (κ3) is 3.96. The average molecular weight is 261 g/mol. The monoisotopic (exact) mass is 261 g/mol. The van der Waals surface area contributed by atoms with Gasteiger partial charge in [0, 0.05) is 18.3 Å². The van der Waals surface area contributed by atoms with E-state index in [1.807, 2.05) is 24.3 Å². The predicted molar refractivity (Wildman–Crippen MR) is 77.3 cm³/mol. The van der Waals surface area contributed by atoms with E-state index >= 15 is 0 Å². The fraction of sp³-hybridized carbons (Fsp3) is 0.533. The van der Waals surface area contributed by atoms with Gasteiger partial charge in [0.2, 0.25) is 5.91 Å². The Balaban J connectivity index is 2.08. The average Bonchev–Trinajstić information content (AvgIpc) is 2.41. The fourth-order valence-corrected chi connectivity index (χ4v) is 2.86. The van der Waals surface area contributed by atoms with Crippen molar-refractivity contribution in [1.29, 1.82) is 0 Å². The molecule has 104 valence electrons. The standard InChI is InChI=1S/C15H23N3O/c16-14-9-5-4-6-12(14)10-18(11-15(17)19)13-7-2-1-3-8-13/h4-6,9,13H,1-3,7-8,10-11,16H2,(H2,17,19). The SMILES string of the molecule is NC(=O)CN(Cc1ccccc1N)C1CCCCC1. The summed E-state index contributed by atoms with van der Waals surface area (Å²) in [6.07, 6.45) is 6.09. The molecule has 4 N–H and O–H groups in total. The van der Waals surface area contributed by atoms with Crippen LogP contribution in [-0.2, 0) is 11.3 Å². The molecule has 2 rings (SSSR count). The molecule has 1 aromatic carbocycles. The van der Waals surface area contributed by atoms with Crippen molar-refractivity contribution in [2.24, 2.45) is 5.73 Å². The Morgan fingerprint density at radius 1 is 1.21 bits per heavy atom. The second-order valence-electron chi connectivity index (χ2n) is 5.36. The van der Waals surface area contributed by atoms with Crippen molar-refractivity contribution in [3.63, 3.8) is 0 Å². The van der Waals surface area contributed by atoms with E-state index in [0.29, 0.717) is 19.1 Å². The molecule has 1 aromatic rings. The first-order chi connectivity index (χ1) is 9.16. The van der Waals surface area contributed by atoms with Crippen molar-refractivity contribution < 1.29 is 4.79 Å². The summed E-state index contributed by atoms with van der Waals surface area (Å²) in [7, 11) is 0. The number of carbonyl (C=O) groups excluding carboxylic acids is 1. The summed E-state index contributed by atoms with van der Waals surface area (Å²) in [4.78, 5) is 13.5. The number of nitrogens with two attached hydrogens (primary N) is 2. The first-order valence-electron chi connectivity index (χ1n) is 7.02. The topological polar surface area (TPSA) is 72.4 Å². The molecule has 0 heterocycles. The molecule has 0 radical (unpaired) electrons. The van der Waals surface area contributed by atoms with Gasteiger partial charge in [-0.15, -0.1) is 0 Å². The lowest BCUT2D eigenvalue weighted by Crippen LogP contribution is -2.41. The molecule has 1 aliphatic carbocycles. The van der Waals surface area contributed by atoms with Crippen LogP contribution in [0.5, 0.6) is 0 Å². The van der Waals surface area contributed by atoms with Crippen LogP contribution in [0.1, 0.15) is 37.7 Å². The molecular formula is C15H23N3O. The lowest BCUT2D eigenvalue weighted by Gasteiger charge is -2.33. The Hall–Kier alpha value is -1.55. The van der Waals surface area contributed by atoms with Crippen LogP contribution < -0.4 is 11.5 Å². The number of benzene rings is 1. The second kappa shape index (κ2) is 6.57. The number of hydrogen-bond acceptors (Lipinski definition) is 3. The summed E-state index contributed by atoms with van der Waals surface area (Å²) in [6.45, 7) is 1.03. The van der Waals surface area contributed by atoms with Gasteiger partial charge in [-0.1, -0.05) is 37.5 Å². The number of primary amides is 1. The lowest BCUT2D eigenvalue weighted by atomic mass is 9.93. The van der Waals surface area contributed by atoms with Crippen molar-refractivity contribution in [2.75, 3.05) is 12.3 Å². The minimum absolute atomic E-state index is 0.264. The summed E-state index contributed by atoms with van der Waals surface area (Å²) >= 11 is 0. The van der Waals surface area contributed by atoms with E-state index in [2.05, 4.69) is 4.90 Å². The van der Waals surface area contributed by atoms with Gasteiger partial charge in [0.05, 0.1) is 6.54 Å². The van der Waals surface area contributed by atoms with Gasteiger partial charge in [-0.2, -0.15) is 0 Å². The van der Waals surface area contributed by atoms with Crippen LogP contribution in [0.3, 0.4) is 0 Å². The van der Waals surface area contributed by atoms with E-state index in [0.717, 1.165) is 24.1 Å². The van der Waals surface area contributed by atoms with Crippen molar-refractivity contribution in [3.05, 3.63) is 29.8 Å². The normalized spacial score (nSPS) is 16.7. The van der Waals surface area contributed by atoms with Crippen molar-refractivity contribution in [3.8, 4) is 0 Å². The van der Waals surface area contributed by atoms with Crippen LogP contribution in [0, 0.1) is 0 Å². The quantitative estimate of drug-likeness (QED) is 0.795. The molecule has 4 heteroatoms. The van der Waals surface area contributed by atoms with Gasteiger partial charge in [0.15, 0.2) is 0 Å². The van der Waals surface area contributed by atoms with Gasteiger partial charge in [-0.25, -0.2) is 0 Å². The molecule has 0 saturated heterocycles. The summed E-state index contributed by atoms with van der Waals surface area (Å²) in [5.41, 5.74) is 13.2. The van der Waals surface area contributed by atoms with E-state index in [9.17, 15) is 4.79 Å². The molecular weight excluding hydrogens is 238 g/mol. The molecule has 0 unspecified atom stereocenters. The third-order valence-electron chi connectivity index (χ3n) is 3.88. The van der Waals surface area contributed by atoms with Crippen LogP contribution in [0.15, 0.2) is 24.3 Å². The highest BCUT2D eigenvalue weighted by molar-refractivity contribution is 5.76. The maximum Gasteiger partial charge on any atom is 0.231 e. The minimum atomic E-state index is -0.264. The maximum absolute atomic E-state index is 11.3. The first-order valence-corrected chi connectivity index (χ1v) is 7.02. The Bertz CT molecular complexity index is 427. The van der Waals surface area contributed by atoms with Crippen molar-refractivity contribution >= 4 is 11.6 Å². The Labute approximate surface area is 114 Å². The number of amides is 1. The lowest BCUT2D eigenvalue weighted by molar-refractivity contribution is -0.120. The third-order valence-corrected chi connectivity index (χ3v) is 3.88. The Kier molecular flexibility index (Phi) is 4.80. The number of carbonyl (C=O) groups is 1. The van der Waals surface area contributed by atoms with E-state index in [4.69, 9.17) is 11.5 Å². The zero-order valence-electron chi connectivity index (χ0n) is 11.3. The van der Waals surface area contributed by atoms with Gasteiger partial charge in [-0.05, 0) is 24.5 Å². The van der Waals surface area contributed by atoms with Crippen LogP contribution in [0.2, 0.25) is 0 Å². The Morgan fingerprint density at radius 3 is 2.53 bits per heavy atom. The van der Waals surface area contributed by atoms with Crippen LogP contribution in [-0.4, -0.2) is 23.4 Å². The van der Waals surface area contributed by atoms with Crippen LogP contribution in [0.25, 0.3) is 0 Å². The molecule has 1 saturated carbocycles. The first kappa shape index (κ1) is 13.9. The molecule has 1 aliphatic rings. The van der Waals surface area contributed by atoms with Crippen LogP contribution in [0.4, 0.5) is 5.69 Å². The number of nitrogen functional groups attached to an aromatic ring is 1. The van der Waals surface area contributed by atoms with E-state index < -0.39 is 0 Å². The summed E-state index contributed by atoms with van der Waals surface area (Å²) in [5.74, 6) is -0.264. The zero-order valence-corrected chi connectivity index (χ0v) is 11.3. The summed E-state index contributed by atoms with van der Waals surface area (Å²) in [5, 5.41) is 0. The summed E-state index contributed by atoms with van der Waals surface area (Å²) < 4.78 is 0. The van der Waals surface area contributed by atoms with Crippen molar-refractivity contribution in [1.82, 2.24) is 4.90 Å². The largest absolute Gasteiger partial charge is 0.398 e. The molecule has 0 aromatic heterocycles. The van der Waals surface area contributed by atoms with Gasteiger partial charge >= 0.3 is 0 Å². The van der Waals surface area contributed by atoms with Crippen molar-refractivity contribution in [2.45, 2.75) is 44.7 Å². The molecule has 19 heavy (non-hydrogen) atoms. The number of hydrogen-bond donors (Lipinski definition) is 2. The molecule has 4 nitrogen and oxygen atoms in total. The highest BCUT2D eigenvalue weighted by Crippen LogP contribution is 2.25. The number of nitrogens with zero attached hydrogens (tertiary/aromatic N) is 1. The number of rotatable bonds is 5. The van der Waals surface area contributed by atoms with Gasteiger partial charge < -0.3 is 11.5 Å². The van der Waals surface area contributed by atoms with Gasteiger partial charge in [0.25, 0.3) is 0 Å². The zero-order chi connectivity index (χ0) is 13.7. The number of para-hydroxylation sites is 1. The molecule has 1 fully saturated rings. The molecule has 0 spiro atoms. The molecule has 0 atom stereocenters. The minimum Gasteiger partial charge on any atom is -0.398 e. The summed E-state index contributed by atoms with van der Waals surface area (Å²) in [6, 6.07) is 8.29. The number of anilines is 1. The molecule has 0 aliphatic heterocycles. The molecule has 0 bridgehead atoms. The van der Waals surface area contributed by atoms with Gasteiger partial charge in [-0.3, -0.25) is 9.69 Å². The molecule has 1 amide bonds. The van der Waals surface area contributed by atoms with Crippen LogP contribution >= 0.6 is 0 Å². The fourth-order valence-electron chi connectivity index (χ4n) is 2.86. The second-order valence-corrected chi connectivity index (χ2v) is 5.36. The van der Waals surface area contributed by atoms with Gasteiger partial charge in [0.1, 0.15) is 0 Å². The highest BCUT2D eigenvalue weighted by atomic mass is 16.1. The van der Waals surface area contributed by atoms with E-state index in [1.54, 1.807) is 0 Å². The maximum atomic E-state index is 11.3. The highest BCUT2D eigenvalue weighted by Gasteiger charge is 2.22. The van der Waals surface area contributed by atoms with E-state index in [-0.39, 0.29) is 5.91 Å². The van der Waals surface area contributed by atoms with E-state index in [1.165, 1.54) is 19.3 Å². The predicted octanol–water partition coefficient (Wildman–Crippen LogP) is 1.89. The Morgan fingerprint density at radius 2 is 1.89 bits per heavy atom. The smallest absolute Gasteiger partial charge is 0.231 e.